The molecule has 0 saturated heterocycles. The summed E-state index contributed by atoms with van der Waals surface area (Å²) in [7, 11) is 3.08. The van der Waals surface area contributed by atoms with Crippen LogP contribution in [0.2, 0.25) is 0 Å². The van der Waals surface area contributed by atoms with Crippen molar-refractivity contribution in [1.29, 1.82) is 0 Å². The summed E-state index contributed by atoms with van der Waals surface area (Å²) in [6.07, 6.45) is 4.98. The third-order valence-corrected chi connectivity index (χ3v) is 6.04. The maximum Gasteiger partial charge on any atom is 0.203 e. The summed E-state index contributed by atoms with van der Waals surface area (Å²) in [5.74, 6) is 0.760. The number of ether oxygens (including phenoxy) is 2. The maximum atomic E-state index is 15.0. The van der Waals surface area contributed by atoms with Crippen LogP contribution in [-0.4, -0.2) is 28.9 Å². The topological polar surface area (TPSA) is 82.5 Å². The van der Waals surface area contributed by atoms with Crippen LogP contribution in [-0.2, 0) is 0 Å². The van der Waals surface area contributed by atoms with Crippen LogP contribution in [0.15, 0.2) is 36.5 Å². The third kappa shape index (κ3) is 2.58. The average molecular weight is 407 g/mol. The lowest BCUT2D eigenvalue weighted by Gasteiger charge is -2.27. The van der Waals surface area contributed by atoms with Crippen molar-refractivity contribution in [2.75, 3.05) is 20.0 Å². The van der Waals surface area contributed by atoms with E-state index in [1.54, 1.807) is 31.4 Å². The van der Waals surface area contributed by atoms with E-state index in [0.717, 1.165) is 19.3 Å². The van der Waals surface area contributed by atoms with E-state index in [0.29, 0.717) is 50.1 Å². The molecular weight excluding hydrogens is 385 g/mol. The highest BCUT2D eigenvalue weighted by Crippen LogP contribution is 2.44. The summed E-state index contributed by atoms with van der Waals surface area (Å²) < 4.78 is 27.5. The largest absolute Gasteiger partial charge is 0.494 e. The number of benzene rings is 2. The maximum absolute atomic E-state index is 15.0. The number of pyridine rings is 1. The van der Waals surface area contributed by atoms with Crippen LogP contribution in [0.25, 0.3) is 32.9 Å². The normalized spacial score (nSPS) is 14.2. The fourth-order valence-corrected chi connectivity index (χ4v) is 4.21. The molecule has 7 heteroatoms. The van der Waals surface area contributed by atoms with Crippen LogP contribution in [0, 0.1) is 5.82 Å². The lowest BCUT2D eigenvalue weighted by Crippen LogP contribution is -2.15. The van der Waals surface area contributed by atoms with Gasteiger partial charge in [-0.15, -0.1) is 0 Å². The fourth-order valence-electron chi connectivity index (χ4n) is 4.21. The number of anilines is 1. The van der Waals surface area contributed by atoms with Gasteiger partial charge in [0.2, 0.25) is 5.88 Å². The van der Waals surface area contributed by atoms with Gasteiger partial charge in [0, 0.05) is 23.2 Å². The Labute approximate surface area is 172 Å². The molecule has 0 radical (unpaired) electrons. The van der Waals surface area contributed by atoms with Crippen molar-refractivity contribution in [2.45, 2.75) is 25.3 Å². The number of fused-ring (bicyclic) bond motifs is 2. The van der Waals surface area contributed by atoms with E-state index in [9.17, 15) is 5.11 Å². The Morgan fingerprint density at radius 3 is 2.57 bits per heavy atom. The second kappa shape index (κ2) is 6.79. The Morgan fingerprint density at radius 1 is 1.13 bits per heavy atom. The molecule has 1 aliphatic carbocycles. The third-order valence-electron chi connectivity index (χ3n) is 6.04. The summed E-state index contributed by atoms with van der Waals surface area (Å²) in [6.45, 7) is 0. The molecule has 0 spiro atoms. The van der Waals surface area contributed by atoms with Gasteiger partial charge in [0.15, 0.2) is 11.5 Å². The molecule has 30 heavy (non-hydrogen) atoms. The number of rotatable bonds is 4. The molecule has 0 unspecified atom stereocenters. The van der Waals surface area contributed by atoms with Crippen LogP contribution >= 0.6 is 0 Å². The Balaban J connectivity index is 1.80. The number of aromatic nitrogens is 2. The van der Waals surface area contributed by atoms with Gasteiger partial charge in [-0.1, -0.05) is 6.07 Å². The lowest BCUT2D eigenvalue weighted by molar-refractivity contribution is 0.283. The standard InChI is InChI=1S/C23H22FN3O3/c1-29-17-9-6-12(10-18(17)30-2)19-15(24)8-7-14-21(25)20-16(26-22(14)19)11-27(23(20)28)13-4-3-5-13/h6-11,13,28H,3-5,25H2,1-2H3. The SMILES string of the molecule is COc1ccc(-c2c(F)ccc3c(N)c4c(O)n(C5CCC5)cc4nc23)cc1OC. The molecule has 5 rings (SSSR count). The molecule has 0 aliphatic heterocycles. The first-order chi connectivity index (χ1) is 14.5. The quantitative estimate of drug-likeness (QED) is 0.496. The molecular formula is C23H22FN3O3. The highest BCUT2D eigenvalue weighted by Gasteiger charge is 2.26. The number of methoxy groups -OCH3 is 2. The van der Waals surface area contributed by atoms with Crippen molar-refractivity contribution in [1.82, 2.24) is 9.55 Å². The summed E-state index contributed by atoms with van der Waals surface area (Å²) in [6, 6.07) is 8.44. The summed E-state index contributed by atoms with van der Waals surface area (Å²) in [4.78, 5) is 4.72. The fraction of sp³-hybridized carbons (Fsp3) is 0.261. The van der Waals surface area contributed by atoms with Crippen molar-refractivity contribution in [3.05, 3.63) is 42.3 Å². The second-order valence-electron chi connectivity index (χ2n) is 7.62. The van der Waals surface area contributed by atoms with Crippen molar-refractivity contribution in [3.8, 4) is 28.5 Å². The number of aromatic hydroxyl groups is 1. The number of nitrogens with zero attached hydrogens (tertiary/aromatic N) is 2. The number of halogens is 1. The molecule has 3 N–H and O–H groups in total. The monoisotopic (exact) mass is 407 g/mol. The van der Waals surface area contributed by atoms with Crippen molar-refractivity contribution in [2.24, 2.45) is 0 Å². The number of hydrogen-bond donors (Lipinski definition) is 2. The van der Waals surface area contributed by atoms with Gasteiger partial charge in [0.05, 0.1) is 36.3 Å². The van der Waals surface area contributed by atoms with Crippen LogP contribution in [0.1, 0.15) is 25.3 Å². The van der Waals surface area contributed by atoms with Gasteiger partial charge < -0.3 is 24.9 Å². The zero-order chi connectivity index (χ0) is 21.0. The Kier molecular flexibility index (Phi) is 4.20. The second-order valence-corrected chi connectivity index (χ2v) is 7.62. The van der Waals surface area contributed by atoms with E-state index in [1.165, 1.54) is 13.2 Å². The number of nitrogen functional groups attached to an aromatic ring is 1. The summed E-state index contributed by atoms with van der Waals surface area (Å²) in [5.41, 5.74) is 8.77. The van der Waals surface area contributed by atoms with Crippen LogP contribution in [0.3, 0.4) is 0 Å². The molecule has 2 aromatic heterocycles. The smallest absolute Gasteiger partial charge is 0.203 e. The van der Waals surface area contributed by atoms with Gasteiger partial charge >= 0.3 is 0 Å². The summed E-state index contributed by atoms with van der Waals surface area (Å²) >= 11 is 0. The Hall–Kier alpha value is -3.48. The molecule has 154 valence electrons. The molecule has 6 nitrogen and oxygen atoms in total. The highest BCUT2D eigenvalue weighted by atomic mass is 19.1. The zero-order valence-corrected chi connectivity index (χ0v) is 16.8. The van der Waals surface area contributed by atoms with Crippen molar-refractivity contribution >= 4 is 27.5 Å². The molecule has 0 atom stereocenters. The van der Waals surface area contributed by atoms with Gasteiger partial charge in [0.25, 0.3) is 0 Å². The minimum atomic E-state index is -0.413. The first-order valence-corrected chi connectivity index (χ1v) is 9.87. The Bertz CT molecular complexity index is 1290. The molecule has 2 aromatic carbocycles. The molecule has 4 aromatic rings. The van der Waals surface area contributed by atoms with E-state index in [-0.39, 0.29) is 11.9 Å². The molecule has 1 saturated carbocycles. The predicted octanol–water partition coefficient (Wildman–Crippen LogP) is 5.03. The molecule has 2 heterocycles. The first-order valence-electron chi connectivity index (χ1n) is 9.87. The predicted molar refractivity (Wildman–Crippen MR) is 115 cm³/mol. The minimum absolute atomic E-state index is 0.124. The zero-order valence-electron chi connectivity index (χ0n) is 16.8. The average Bonchev–Trinajstić information content (AvgIpc) is 3.02. The first kappa shape index (κ1) is 18.5. The molecule has 0 bridgehead atoms. The van der Waals surface area contributed by atoms with Gasteiger partial charge in [0.1, 0.15) is 5.82 Å². The van der Waals surface area contributed by atoms with E-state index in [1.807, 2.05) is 10.8 Å². The van der Waals surface area contributed by atoms with Gasteiger partial charge in [-0.2, -0.15) is 0 Å². The summed E-state index contributed by atoms with van der Waals surface area (Å²) in [5, 5.41) is 11.9. The van der Waals surface area contributed by atoms with Gasteiger partial charge in [-0.25, -0.2) is 9.37 Å². The van der Waals surface area contributed by atoms with Crippen molar-refractivity contribution < 1.29 is 19.0 Å². The van der Waals surface area contributed by atoms with E-state index in [4.69, 9.17) is 20.2 Å². The minimum Gasteiger partial charge on any atom is -0.494 e. The van der Waals surface area contributed by atoms with Crippen molar-refractivity contribution in [3.63, 3.8) is 0 Å². The van der Waals surface area contributed by atoms with Crippen LogP contribution in [0.5, 0.6) is 17.4 Å². The Morgan fingerprint density at radius 2 is 1.90 bits per heavy atom. The highest BCUT2D eigenvalue weighted by molar-refractivity contribution is 6.12. The van der Waals surface area contributed by atoms with E-state index >= 15 is 4.39 Å². The van der Waals surface area contributed by atoms with Gasteiger partial charge in [-0.3, -0.25) is 0 Å². The van der Waals surface area contributed by atoms with E-state index < -0.39 is 5.82 Å². The van der Waals surface area contributed by atoms with Crippen LogP contribution < -0.4 is 15.2 Å². The lowest BCUT2D eigenvalue weighted by atomic mass is 9.93. The molecule has 0 amide bonds. The van der Waals surface area contributed by atoms with E-state index in [2.05, 4.69) is 0 Å². The molecule has 1 aliphatic rings. The molecule has 1 fully saturated rings. The van der Waals surface area contributed by atoms with Crippen LogP contribution in [0.4, 0.5) is 10.1 Å². The number of hydrogen-bond acceptors (Lipinski definition) is 5. The van der Waals surface area contributed by atoms with Gasteiger partial charge in [-0.05, 0) is 49.1 Å². The number of nitrogens with two attached hydrogens (primary N) is 1.